The maximum absolute atomic E-state index is 13.0. The van der Waals surface area contributed by atoms with Crippen molar-refractivity contribution in [2.45, 2.75) is 78.6 Å². The van der Waals surface area contributed by atoms with Gasteiger partial charge in [0.1, 0.15) is 16.9 Å². The highest BCUT2D eigenvalue weighted by atomic mass is 16.7. The third kappa shape index (κ3) is 3.39. The van der Waals surface area contributed by atoms with Gasteiger partial charge < -0.3 is 14.2 Å². The number of rotatable bonds is 4. The zero-order valence-electron chi connectivity index (χ0n) is 18.3. The average Bonchev–Trinajstić information content (AvgIpc) is 2.59. The smallest absolute Gasteiger partial charge is 0.345 e. The Balaban J connectivity index is 1.99. The van der Waals surface area contributed by atoms with Crippen LogP contribution in [-0.4, -0.2) is 11.8 Å². The summed E-state index contributed by atoms with van der Waals surface area (Å²) in [6, 6.07) is 8.40. The van der Waals surface area contributed by atoms with Gasteiger partial charge in [-0.05, 0) is 50.8 Å². The van der Waals surface area contributed by atoms with E-state index in [0.717, 1.165) is 59.3 Å². The molecular formula is C25H30O4. The zero-order chi connectivity index (χ0) is 21.0. The molecule has 4 heteroatoms. The van der Waals surface area contributed by atoms with Gasteiger partial charge in [0.15, 0.2) is 5.75 Å². The number of unbranched alkanes of at least 4 members (excludes halogenated alkanes) is 2. The number of ether oxygens (including phenoxy) is 3. The molecule has 0 N–H and O–H groups in total. The van der Waals surface area contributed by atoms with Crippen LogP contribution in [0.2, 0.25) is 0 Å². The Morgan fingerprint density at radius 1 is 0.931 bits per heavy atom. The SMILES string of the molecule is CCCCCc1cc2c(c3c1C(=O)OC(C)(C)O3)-c1cc(C)ccc1C(C)(C)O2. The highest BCUT2D eigenvalue weighted by Gasteiger charge is 2.42. The third-order valence-corrected chi connectivity index (χ3v) is 5.73. The molecule has 0 atom stereocenters. The summed E-state index contributed by atoms with van der Waals surface area (Å²) in [5.74, 6) is 0.0441. The molecule has 154 valence electrons. The lowest BCUT2D eigenvalue weighted by Crippen LogP contribution is -2.40. The van der Waals surface area contributed by atoms with Gasteiger partial charge in [-0.1, -0.05) is 43.5 Å². The van der Waals surface area contributed by atoms with Crippen molar-refractivity contribution in [3.63, 3.8) is 0 Å². The molecule has 2 heterocycles. The van der Waals surface area contributed by atoms with Crippen molar-refractivity contribution in [1.82, 2.24) is 0 Å². The summed E-state index contributed by atoms with van der Waals surface area (Å²) in [4.78, 5) is 13.0. The van der Waals surface area contributed by atoms with Gasteiger partial charge in [-0.25, -0.2) is 4.79 Å². The highest BCUT2D eigenvalue weighted by Crippen LogP contribution is 2.53. The van der Waals surface area contributed by atoms with Crippen LogP contribution in [-0.2, 0) is 16.8 Å². The van der Waals surface area contributed by atoms with Gasteiger partial charge >= 0.3 is 5.97 Å². The average molecular weight is 395 g/mol. The number of carbonyl (C=O) groups excluding carboxylic acids is 1. The van der Waals surface area contributed by atoms with E-state index in [1.54, 1.807) is 13.8 Å². The van der Waals surface area contributed by atoms with Crippen molar-refractivity contribution in [2.75, 3.05) is 0 Å². The minimum Gasteiger partial charge on any atom is -0.482 e. The Kier molecular flexibility index (Phi) is 4.64. The van der Waals surface area contributed by atoms with Crippen LogP contribution in [0.5, 0.6) is 11.5 Å². The van der Waals surface area contributed by atoms with Crippen LogP contribution in [0.3, 0.4) is 0 Å². The number of hydrogen-bond donors (Lipinski definition) is 0. The predicted molar refractivity (Wildman–Crippen MR) is 114 cm³/mol. The van der Waals surface area contributed by atoms with Gasteiger partial charge in [-0.15, -0.1) is 0 Å². The molecule has 0 spiro atoms. The van der Waals surface area contributed by atoms with E-state index in [0.29, 0.717) is 11.3 Å². The first-order chi connectivity index (χ1) is 13.6. The number of esters is 1. The molecule has 0 saturated heterocycles. The quantitative estimate of drug-likeness (QED) is 0.450. The molecule has 0 saturated carbocycles. The summed E-state index contributed by atoms with van der Waals surface area (Å²) < 4.78 is 18.3. The first-order valence-electron chi connectivity index (χ1n) is 10.6. The molecule has 0 bridgehead atoms. The molecule has 0 amide bonds. The van der Waals surface area contributed by atoms with E-state index in [4.69, 9.17) is 14.2 Å². The molecule has 0 unspecified atom stereocenters. The van der Waals surface area contributed by atoms with Crippen molar-refractivity contribution in [3.05, 3.63) is 46.5 Å². The van der Waals surface area contributed by atoms with E-state index in [1.165, 1.54) is 0 Å². The topological polar surface area (TPSA) is 44.8 Å². The number of cyclic esters (lactones) is 1. The van der Waals surface area contributed by atoms with Crippen LogP contribution in [0.1, 0.15) is 80.9 Å². The number of fused-ring (bicyclic) bond motifs is 5. The fraction of sp³-hybridized carbons (Fsp3) is 0.480. The largest absolute Gasteiger partial charge is 0.482 e. The van der Waals surface area contributed by atoms with E-state index in [9.17, 15) is 4.79 Å². The van der Waals surface area contributed by atoms with Crippen molar-refractivity contribution >= 4 is 5.97 Å². The Labute approximate surface area is 173 Å². The van der Waals surface area contributed by atoms with E-state index < -0.39 is 11.4 Å². The third-order valence-electron chi connectivity index (χ3n) is 5.73. The van der Waals surface area contributed by atoms with Crippen LogP contribution in [0.15, 0.2) is 24.3 Å². The molecule has 2 aromatic rings. The number of benzene rings is 2. The van der Waals surface area contributed by atoms with Crippen molar-refractivity contribution in [2.24, 2.45) is 0 Å². The Morgan fingerprint density at radius 3 is 2.41 bits per heavy atom. The lowest BCUT2D eigenvalue weighted by molar-refractivity contribution is -0.127. The molecule has 4 nitrogen and oxygen atoms in total. The molecule has 0 aliphatic carbocycles. The molecule has 2 aliphatic heterocycles. The minimum atomic E-state index is -1.02. The van der Waals surface area contributed by atoms with Gasteiger partial charge in [-0.2, -0.15) is 0 Å². The van der Waals surface area contributed by atoms with E-state index in [-0.39, 0.29) is 5.97 Å². The van der Waals surface area contributed by atoms with Crippen LogP contribution in [0.4, 0.5) is 0 Å². The molecule has 4 rings (SSSR count). The van der Waals surface area contributed by atoms with Gasteiger partial charge in [0.25, 0.3) is 0 Å². The van der Waals surface area contributed by atoms with Crippen molar-refractivity contribution in [1.29, 1.82) is 0 Å². The normalized spacial score (nSPS) is 17.9. The molecule has 2 aromatic carbocycles. The second kappa shape index (κ2) is 6.79. The second-order valence-corrected chi connectivity index (χ2v) is 9.12. The van der Waals surface area contributed by atoms with Crippen molar-refractivity contribution in [3.8, 4) is 22.6 Å². The van der Waals surface area contributed by atoms with E-state index >= 15 is 0 Å². The van der Waals surface area contributed by atoms with Crippen LogP contribution in [0.25, 0.3) is 11.1 Å². The first-order valence-corrected chi connectivity index (χ1v) is 10.6. The van der Waals surface area contributed by atoms with Crippen LogP contribution in [0, 0.1) is 6.92 Å². The highest BCUT2D eigenvalue weighted by molar-refractivity contribution is 6.00. The molecule has 0 aromatic heterocycles. The molecule has 29 heavy (non-hydrogen) atoms. The summed E-state index contributed by atoms with van der Waals surface area (Å²) in [5, 5.41) is 0. The molecular weight excluding hydrogens is 364 g/mol. The van der Waals surface area contributed by atoms with Crippen molar-refractivity contribution < 1.29 is 19.0 Å². The lowest BCUT2D eigenvalue weighted by Gasteiger charge is -2.39. The zero-order valence-corrected chi connectivity index (χ0v) is 18.3. The number of carbonyl (C=O) groups is 1. The fourth-order valence-electron chi connectivity index (χ4n) is 4.37. The molecule has 2 aliphatic rings. The standard InChI is InChI=1S/C25H30O4/c1-7-8-9-10-16-14-19-21(22-20(16)23(26)29-25(5,6)28-22)17-13-15(2)11-12-18(17)24(3,4)27-19/h11-14H,7-10H2,1-6H3. The maximum Gasteiger partial charge on any atom is 0.345 e. The summed E-state index contributed by atoms with van der Waals surface area (Å²) in [6.07, 6.45) is 4.04. The Hall–Kier alpha value is -2.49. The van der Waals surface area contributed by atoms with Gasteiger partial charge in [0.05, 0.1) is 5.56 Å². The second-order valence-electron chi connectivity index (χ2n) is 9.12. The summed E-state index contributed by atoms with van der Waals surface area (Å²) in [5.41, 5.74) is 5.22. The Bertz CT molecular complexity index is 985. The Morgan fingerprint density at radius 2 is 1.69 bits per heavy atom. The van der Waals surface area contributed by atoms with E-state index in [2.05, 4.69) is 45.9 Å². The summed E-state index contributed by atoms with van der Waals surface area (Å²) in [6.45, 7) is 12.0. The fourth-order valence-corrected chi connectivity index (χ4v) is 4.37. The van der Waals surface area contributed by atoms with Gasteiger partial charge in [0.2, 0.25) is 5.79 Å². The number of hydrogen-bond acceptors (Lipinski definition) is 4. The van der Waals surface area contributed by atoms with E-state index in [1.807, 2.05) is 6.07 Å². The molecule has 0 radical (unpaired) electrons. The monoisotopic (exact) mass is 394 g/mol. The lowest BCUT2D eigenvalue weighted by atomic mass is 9.83. The minimum absolute atomic E-state index is 0.315. The summed E-state index contributed by atoms with van der Waals surface area (Å²) >= 11 is 0. The first kappa shape index (κ1) is 19.8. The van der Waals surface area contributed by atoms with Gasteiger partial charge in [0, 0.05) is 19.4 Å². The maximum atomic E-state index is 13.0. The van der Waals surface area contributed by atoms with Crippen LogP contribution < -0.4 is 9.47 Å². The number of aryl methyl sites for hydroxylation is 2. The van der Waals surface area contributed by atoms with Crippen LogP contribution >= 0.6 is 0 Å². The molecule has 0 fully saturated rings. The summed E-state index contributed by atoms with van der Waals surface area (Å²) in [7, 11) is 0. The predicted octanol–water partition coefficient (Wildman–Crippen LogP) is 6.31. The van der Waals surface area contributed by atoms with Gasteiger partial charge in [-0.3, -0.25) is 0 Å².